The van der Waals surface area contributed by atoms with Crippen LogP contribution in [0.4, 0.5) is 4.79 Å². The molecule has 0 aromatic carbocycles. The second kappa shape index (κ2) is 7.91. The lowest BCUT2D eigenvalue weighted by Gasteiger charge is -2.08. The Labute approximate surface area is 165 Å². The molecule has 1 fully saturated rings. The third-order valence-corrected chi connectivity index (χ3v) is 5.52. The summed E-state index contributed by atoms with van der Waals surface area (Å²) < 4.78 is 38.8. The molecule has 0 bridgehead atoms. The maximum absolute atomic E-state index is 12.5. The molecule has 2 heterocycles. The number of carbonyl (C=O) groups is 1. The number of hydrogen-bond donors (Lipinski definition) is 1. The Morgan fingerprint density at radius 3 is 2.79 bits per heavy atom. The van der Waals surface area contributed by atoms with Crippen molar-refractivity contribution in [1.29, 1.82) is 0 Å². The van der Waals surface area contributed by atoms with Gasteiger partial charge in [-0.05, 0) is 33.1 Å². The van der Waals surface area contributed by atoms with E-state index in [9.17, 15) is 18.0 Å². The van der Waals surface area contributed by atoms with E-state index in [1.165, 1.54) is 4.57 Å². The standard InChI is InChI=1S/C15H22N6O5S2/c1-4-7-19-8-9-27-14(19)18-28(24,25)17-12(22)21-15(23)20(11-5-6-11)13(16-21)26-10(2)3/h8-11H,4-7H2,1-3H3,(H,17,22). The van der Waals surface area contributed by atoms with E-state index in [0.29, 0.717) is 11.2 Å². The molecule has 1 aliphatic carbocycles. The summed E-state index contributed by atoms with van der Waals surface area (Å²) in [5.74, 6) is 0. The summed E-state index contributed by atoms with van der Waals surface area (Å²) in [6.07, 6.45) is 3.78. The Bertz CT molecular complexity index is 1090. The van der Waals surface area contributed by atoms with Crippen molar-refractivity contribution in [2.24, 2.45) is 4.40 Å². The van der Waals surface area contributed by atoms with E-state index in [2.05, 4.69) is 9.50 Å². The largest absolute Gasteiger partial charge is 0.461 e. The molecule has 1 saturated carbocycles. The lowest BCUT2D eigenvalue weighted by molar-refractivity contribution is 0.208. The van der Waals surface area contributed by atoms with Crippen LogP contribution in [-0.2, 0) is 16.8 Å². The predicted octanol–water partition coefficient (Wildman–Crippen LogP) is 0.843. The van der Waals surface area contributed by atoms with E-state index in [1.807, 2.05) is 6.92 Å². The number of ether oxygens (including phenoxy) is 1. The summed E-state index contributed by atoms with van der Waals surface area (Å²) in [4.78, 5) is 25.1. The summed E-state index contributed by atoms with van der Waals surface area (Å²) in [5.41, 5.74) is -0.747. The van der Waals surface area contributed by atoms with Crippen molar-refractivity contribution in [3.63, 3.8) is 0 Å². The number of aryl methyl sites for hydroxylation is 1. The second-order valence-corrected chi connectivity index (χ2v) is 8.81. The molecule has 154 valence electrons. The molecular formula is C15H22N6O5S2. The highest BCUT2D eigenvalue weighted by molar-refractivity contribution is 7.88. The van der Waals surface area contributed by atoms with Crippen LogP contribution < -0.4 is 20.0 Å². The van der Waals surface area contributed by atoms with Crippen LogP contribution in [0.2, 0.25) is 0 Å². The molecular weight excluding hydrogens is 408 g/mol. The Morgan fingerprint density at radius 1 is 1.46 bits per heavy atom. The van der Waals surface area contributed by atoms with Crippen molar-refractivity contribution in [1.82, 2.24) is 23.6 Å². The molecule has 2 aromatic heterocycles. The first-order chi connectivity index (χ1) is 13.2. The average molecular weight is 431 g/mol. The number of nitrogens with one attached hydrogen (secondary N) is 1. The van der Waals surface area contributed by atoms with Gasteiger partial charge < -0.3 is 9.30 Å². The molecule has 0 spiro atoms. The maximum atomic E-state index is 12.5. The van der Waals surface area contributed by atoms with Gasteiger partial charge in [0.15, 0.2) is 0 Å². The van der Waals surface area contributed by atoms with Crippen molar-refractivity contribution in [2.75, 3.05) is 0 Å². The van der Waals surface area contributed by atoms with Gasteiger partial charge in [0.2, 0.25) is 4.80 Å². The van der Waals surface area contributed by atoms with Crippen molar-refractivity contribution >= 4 is 27.6 Å². The molecule has 3 rings (SSSR count). The number of carbonyl (C=O) groups excluding carboxylic acids is 1. The van der Waals surface area contributed by atoms with Gasteiger partial charge in [0.05, 0.1) is 6.10 Å². The van der Waals surface area contributed by atoms with E-state index < -0.39 is 21.9 Å². The van der Waals surface area contributed by atoms with E-state index in [-0.39, 0.29) is 23.0 Å². The molecule has 13 heteroatoms. The van der Waals surface area contributed by atoms with Crippen LogP contribution in [0.5, 0.6) is 6.01 Å². The average Bonchev–Trinajstić information content (AvgIpc) is 3.25. The van der Waals surface area contributed by atoms with Gasteiger partial charge >= 0.3 is 27.9 Å². The molecule has 0 radical (unpaired) electrons. The minimum absolute atomic E-state index is 0.00830. The molecule has 0 saturated heterocycles. The summed E-state index contributed by atoms with van der Waals surface area (Å²) in [7, 11) is -4.38. The van der Waals surface area contributed by atoms with Gasteiger partial charge in [0.1, 0.15) is 0 Å². The third kappa shape index (κ3) is 4.52. The molecule has 1 aliphatic rings. The second-order valence-electron chi connectivity index (χ2n) is 6.60. The fourth-order valence-electron chi connectivity index (χ4n) is 2.49. The van der Waals surface area contributed by atoms with E-state index in [0.717, 1.165) is 30.6 Å². The molecule has 0 unspecified atom stereocenters. The normalized spacial score (nSPS) is 15.2. The van der Waals surface area contributed by atoms with Gasteiger partial charge in [0.25, 0.3) is 0 Å². The highest BCUT2D eigenvalue weighted by Crippen LogP contribution is 2.36. The number of hydrogen-bond acceptors (Lipinski definition) is 7. The van der Waals surface area contributed by atoms with Crippen molar-refractivity contribution in [3.8, 4) is 6.01 Å². The third-order valence-electron chi connectivity index (χ3n) is 3.76. The molecule has 1 N–H and O–H groups in total. The van der Waals surface area contributed by atoms with Crippen LogP contribution in [0.3, 0.4) is 0 Å². The van der Waals surface area contributed by atoms with E-state index in [4.69, 9.17) is 4.74 Å². The van der Waals surface area contributed by atoms with Gasteiger partial charge in [-0.2, -0.15) is 8.42 Å². The molecule has 1 amide bonds. The van der Waals surface area contributed by atoms with Crippen LogP contribution in [0.25, 0.3) is 0 Å². The van der Waals surface area contributed by atoms with Gasteiger partial charge in [-0.1, -0.05) is 6.92 Å². The van der Waals surface area contributed by atoms with Crippen LogP contribution >= 0.6 is 11.3 Å². The molecule has 0 atom stereocenters. The molecule has 0 aliphatic heterocycles. The molecule has 28 heavy (non-hydrogen) atoms. The van der Waals surface area contributed by atoms with Crippen molar-refractivity contribution in [2.45, 2.75) is 58.7 Å². The van der Waals surface area contributed by atoms with Gasteiger partial charge in [-0.3, -0.25) is 0 Å². The fourth-order valence-corrected chi connectivity index (χ4v) is 4.24. The summed E-state index contributed by atoms with van der Waals surface area (Å²) >= 11 is 1.13. The smallest absolute Gasteiger partial charge is 0.361 e. The first-order valence-electron chi connectivity index (χ1n) is 8.87. The van der Waals surface area contributed by atoms with E-state index in [1.54, 1.807) is 34.7 Å². The SMILES string of the molecule is CCCn1ccsc1=NS(=O)(=O)NC(=O)n1nc(OC(C)C)n(C2CC2)c1=O. The number of thiazole rings is 1. The first-order valence-corrected chi connectivity index (χ1v) is 11.2. The quantitative estimate of drug-likeness (QED) is 0.693. The topological polar surface area (TPSA) is 130 Å². The lowest BCUT2D eigenvalue weighted by Crippen LogP contribution is -2.40. The Hall–Kier alpha value is -2.41. The van der Waals surface area contributed by atoms with E-state index >= 15 is 0 Å². The monoisotopic (exact) mass is 430 g/mol. The van der Waals surface area contributed by atoms with Crippen LogP contribution in [0.1, 0.15) is 46.1 Å². The number of aromatic nitrogens is 4. The lowest BCUT2D eigenvalue weighted by atomic mass is 10.5. The van der Waals surface area contributed by atoms with Gasteiger partial charge in [0, 0.05) is 24.2 Å². The Kier molecular flexibility index (Phi) is 5.74. The highest BCUT2D eigenvalue weighted by Gasteiger charge is 2.33. The Morgan fingerprint density at radius 2 is 2.18 bits per heavy atom. The van der Waals surface area contributed by atoms with Crippen molar-refractivity contribution < 1.29 is 17.9 Å². The maximum Gasteiger partial charge on any atom is 0.361 e. The van der Waals surface area contributed by atoms with Crippen LogP contribution in [0, 0.1) is 0 Å². The minimum atomic E-state index is -4.38. The number of amides is 1. The van der Waals surface area contributed by atoms with Crippen LogP contribution in [0.15, 0.2) is 20.8 Å². The zero-order valence-electron chi connectivity index (χ0n) is 15.7. The minimum Gasteiger partial charge on any atom is -0.461 e. The number of nitrogens with zero attached hydrogens (tertiary/aromatic N) is 5. The first kappa shape index (κ1) is 20.3. The van der Waals surface area contributed by atoms with Gasteiger partial charge in [-0.15, -0.1) is 25.5 Å². The predicted molar refractivity (Wildman–Crippen MR) is 102 cm³/mol. The fraction of sp³-hybridized carbons (Fsp3) is 0.600. The molecule has 2 aromatic rings. The summed E-state index contributed by atoms with van der Waals surface area (Å²) in [6.45, 7) is 6.06. The number of rotatable bonds is 7. The Balaban J connectivity index is 1.88. The summed E-state index contributed by atoms with van der Waals surface area (Å²) in [6, 6.07) is -1.31. The zero-order valence-corrected chi connectivity index (χ0v) is 17.4. The highest BCUT2D eigenvalue weighted by atomic mass is 32.2. The van der Waals surface area contributed by atoms with Crippen molar-refractivity contribution in [3.05, 3.63) is 26.9 Å². The zero-order chi connectivity index (χ0) is 20.5. The summed E-state index contributed by atoms with van der Waals surface area (Å²) in [5, 5.41) is 5.56. The molecule has 11 nitrogen and oxygen atoms in total. The van der Waals surface area contributed by atoms with Gasteiger partial charge in [-0.25, -0.2) is 18.9 Å². The van der Waals surface area contributed by atoms with Crippen LogP contribution in [-0.4, -0.2) is 39.5 Å².